The number of likely N-dealkylation sites (tertiary alicyclic amines) is 1. The van der Waals surface area contributed by atoms with Gasteiger partial charge in [0.25, 0.3) is 5.91 Å². The third-order valence-corrected chi connectivity index (χ3v) is 10.2. The van der Waals surface area contributed by atoms with Crippen LogP contribution in [0.15, 0.2) is 59.5 Å². The summed E-state index contributed by atoms with van der Waals surface area (Å²) < 4.78 is 35.8. The SMILES string of the molecule is O=C(CCCOc1ccc(S(=O)(=O)C2(C(=O)NO)CCOCC2)cc1)N1CCCC(c2ccccc2)[C@H](O)C1. The number of hydrogen-bond donors (Lipinski definition) is 3. The number of sulfone groups is 1. The highest BCUT2D eigenvalue weighted by atomic mass is 32.2. The first-order valence-electron chi connectivity index (χ1n) is 13.3. The first-order valence-corrected chi connectivity index (χ1v) is 14.8. The smallest absolute Gasteiger partial charge is 0.265 e. The van der Waals surface area contributed by atoms with E-state index < -0.39 is 26.6 Å². The number of hydroxylamine groups is 1. The third kappa shape index (κ3) is 6.43. The number of carbonyl (C=O) groups is 2. The normalized spacial score (nSPS) is 21.5. The lowest BCUT2D eigenvalue weighted by Crippen LogP contribution is -2.54. The summed E-state index contributed by atoms with van der Waals surface area (Å²) in [6, 6.07) is 15.7. The molecule has 2 atom stereocenters. The Morgan fingerprint density at radius 1 is 1.08 bits per heavy atom. The van der Waals surface area contributed by atoms with Crippen LogP contribution in [-0.4, -0.2) is 79.2 Å². The molecular weight excluding hydrogens is 524 g/mol. The Hall–Kier alpha value is -2.99. The van der Waals surface area contributed by atoms with Crippen LogP contribution in [0.5, 0.6) is 5.75 Å². The van der Waals surface area contributed by atoms with Crippen molar-refractivity contribution in [1.82, 2.24) is 10.4 Å². The average molecular weight is 561 g/mol. The van der Waals surface area contributed by atoms with Gasteiger partial charge in [-0.1, -0.05) is 30.3 Å². The molecule has 1 unspecified atom stereocenters. The molecule has 2 aromatic carbocycles. The number of β-amino-alcohol motifs (C(OH)–C–C–N with tert-alkyl or cyclic N) is 1. The molecule has 0 aromatic heterocycles. The molecule has 2 aromatic rings. The fraction of sp³-hybridized carbons (Fsp3) is 0.500. The van der Waals surface area contributed by atoms with Gasteiger partial charge in [-0.05, 0) is 61.9 Å². The molecule has 0 spiro atoms. The minimum atomic E-state index is -4.11. The fourth-order valence-corrected chi connectivity index (χ4v) is 7.33. The van der Waals surface area contributed by atoms with E-state index in [1.54, 1.807) is 4.90 Å². The molecule has 0 radical (unpaired) electrons. The van der Waals surface area contributed by atoms with Crippen molar-refractivity contribution in [2.45, 2.75) is 60.2 Å². The number of nitrogens with zero attached hydrogens (tertiary/aromatic N) is 1. The Morgan fingerprint density at radius 3 is 2.44 bits per heavy atom. The summed E-state index contributed by atoms with van der Waals surface area (Å²) in [6.07, 6.45) is 1.65. The molecule has 2 aliphatic rings. The molecule has 0 saturated carbocycles. The maximum Gasteiger partial charge on any atom is 0.265 e. The molecule has 11 heteroatoms. The van der Waals surface area contributed by atoms with E-state index in [2.05, 4.69) is 0 Å². The van der Waals surface area contributed by atoms with Gasteiger partial charge in [0.1, 0.15) is 5.75 Å². The summed E-state index contributed by atoms with van der Waals surface area (Å²) in [5, 5.41) is 19.9. The van der Waals surface area contributed by atoms with Crippen LogP contribution < -0.4 is 10.2 Å². The van der Waals surface area contributed by atoms with Gasteiger partial charge in [0.15, 0.2) is 14.6 Å². The summed E-state index contributed by atoms with van der Waals surface area (Å²) in [4.78, 5) is 26.8. The van der Waals surface area contributed by atoms with Crippen LogP contribution in [0.2, 0.25) is 0 Å². The maximum absolute atomic E-state index is 13.3. The van der Waals surface area contributed by atoms with Crippen molar-refractivity contribution in [2.75, 3.05) is 32.9 Å². The first-order chi connectivity index (χ1) is 18.8. The van der Waals surface area contributed by atoms with Crippen molar-refractivity contribution in [2.24, 2.45) is 0 Å². The molecule has 212 valence electrons. The summed E-state index contributed by atoms with van der Waals surface area (Å²) in [6.45, 7) is 1.36. The van der Waals surface area contributed by atoms with Gasteiger partial charge in [-0.25, -0.2) is 13.9 Å². The molecule has 0 aliphatic carbocycles. The Kier molecular flexibility index (Phi) is 9.60. The van der Waals surface area contributed by atoms with E-state index in [0.717, 1.165) is 18.4 Å². The highest BCUT2D eigenvalue weighted by Gasteiger charge is 2.52. The third-order valence-electron chi connectivity index (χ3n) is 7.66. The molecule has 2 saturated heterocycles. The molecule has 2 heterocycles. The van der Waals surface area contributed by atoms with Crippen molar-refractivity contribution >= 4 is 21.7 Å². The Labute approximate surface area is 228 Å². The molecule has 2 fully saturated rings. The molecule has 4 rings (SSSR count). The van der Waals surface area contributed by atoms with Crippen molar-refractivity contribution < 1.29 is 37.8 Å². The number of aliphatic hydroxyl groups excluding tert-OH is 1. The highest BCUT2D eigenvalue weighted by molar-refractivity contribution is 7.93. The minimum absolute atomic E-state index is 0.0125. The Balaban J connectivity index is 1.28. The van der Waals surface area contributed by atoms with Crippen LogP contribution >= 0.6 is 0 Å². The van der Waals surface area contributed by atoms with Gasteiger partial charge in [0.2, 0.25) is 5.91 Å². The van der Waals surface area contributed by atoms with E-state index in [0.29, 0.717) is 25.3 Å². The van der Waals surface area contributed by atoms with Crippen LogP contribution in [0.25, 0.3) is 0 Å². The lowest BCUT2D eigenvalue weighted by Gasteiger charge is -2.34. The molecular formula is C28H36N2O8S. The largest absolute Gasteiger partial charge is 0.494 e. The summed E-state index contributed by atoms with van der Waals surface area (Å²) in [5.41, 5.74) is 2.59. The number of carbonyl (C=O) groups excluding carboxylic acids is 2. The second kappa shape index (κ2) is 12.9. The average Bonchev–Trinajstić information content (AvgIpc) is 3.17. The van der Waals surface area contributed by atoms with Gasteiger partial charge in [-0.2, -0.15) is 0 Å². The number of benzene rings is 2. The Bertz CT molecular complexity index is 1210. The van der Waals surface area contributed by atoms with Crippen molar-refractivity contribution in [3.05, 3.63) is 60.2 Å². The number of nitrogens with one attached hydrogen (secondary N) is 1. The van der Waals surface area contributed by atoms with Gasteiger partial charge >= 0.3 is 0 Å². The predicted octanol–water partition coefficient (Wildman–Crippen LogP) is 2.44. The molecule has 3 N–H and O–H groups in total. The zero-order chi connectivity index (χ0) is 27.9. The monoisotopic (exact) mass is 560 g/mol. The van der Waals surface area contributed by atoms with Crippen LogP contribution in [-0.2, 0) is 24.2 Å². The van der Waals surface area contributed by atoms with Crippen LogP contribution in [0.1, 0.15) is 50.0 Å². The van der Waals surface area contributed by atoms with Gasteiger partial charge < -0.3 is 19.5 Å². The van der Waals surface area contributed by atoms with E-state index in [-0.39, 0.29) is 55.8 Å². The minimum Gasteiger partial charge on any atom is -0.494 e. The van der Waals surface area contributed by atoms with E-state index >= 15 is 0 Å². The quantitative estimate of drug-likeness (QED) is 0.241. The molecule has 39 heavy (non-hydrogen) atoms. The van der Waals surface area contributed by atoms with Crippen LogP contribution in [0, 0.1) is 0 Å². The van der Waals surface area contributed by atoms with Crippen molar-refractivity contribution in [3.8, 4) is 5.75 Å². The summed E-state index contributed by atoms with van der Waals surface area (Å²) in [7, 11) is -4.11. The Morgan fingerprint density at radius 2 is 1.77 bits per heavy atom. The standard InChI is InChI=1S/C28H36N2O8S/c31-25-20-30(16-4-8-24(25)21-6-2-1-3-7-21)26(32)9-5-17-38-22-10-12-23(13-11-22)39(35,36)28(27(33)29-34)14-18-37-19-15-28/h1-3,6-7,10-13,24-25,31,34H,4-5,8-9,14-20H2,(H,29,33)/t24?,25-/m1/s1. The summed E-state index contributed by atoms with van der Waals surface area (Å²) in [5.74, 6) is -0.552. The number of amides is 2. The highest BCUT2D eigenvalue weighted by Crippen LogP contribution is 2.36. The van der Waals surface area contributed by atoms with E-state index in [9.17, 15) is 28.3 Å². The van der Waals surface area contributed by atoms with Gasteiger partial charge in [0, 0.05) is 38.6 Å². The second-order valence-electron chi connectivity index (χ2n) is 10.0. The topological polar surface area (TPSA) is 142 Å². The molecule has 2 amide bonds. The van der Waals surface area contributed by atoms with Crippen molar-refractivity contribution in [1.29, 1.82) is 0 Å². The number of rotatable bonds is 9. The van der Waals surface area contributed by atoms with E-state index in [1.807, 2.05) is 30.3 Å². The van der Waals surface area contributed by atoms with Crippen LogP contribution in [0.4, 0.5) is 0 Å². The van der Waals surface area contributed by atoms with Gasteiger partial charge in [0.05, 0.1) is 17.6 Å². The zero-order valence-corrected chi connectivity index (χ0v) is 22.6. The lowest BCUT2D eigenvalue weighted by molar-refractivity contribution is -0.134. The number of ether oxygens (including phenoxy) is 2. The molecule has 0 bridgehead atoms. The van der Waals surface area contributed by atoms with Gasteiger partial charge in [-0.15, -0.1) is 0 Å². The van der Waals surface area contributed by atoms with Crippen LogP contribution in [0.3, 0.4) is 0 Å². The lowest BCUT2D eigenvalue weighted by atomic mass is 9.90. The fourth-order valence-electron chi connectivity index (χ4n) is 5.39. The predicted molar refractivity (Wildman–Crippen MR) is 142 cm³/mol. The van der Waals surface area contributed by atoms with E-state index in [4.69, 9.17) is 9.47 Å². The van der Waals surface area contributed by atoms with Gasteiger partial charge in [-0.3, -0.25) is 14.8 Å². The second-order valence-corrected chi connectivity index (χ2v) is 12.3. The first kappa shape index (κ1) is 29.0. The zero-order valence-electron chi connectivity index (χ0n) is 21.8. The number of aliphatic hydroxyl groups is 1. The van der Waals surface area contributed by atoms with Crippen molar-refractivity contribution in [3.63, 3.8) is 0 Å². The summed E-state index contributed by atoms with van der Waals surface area (Å²) >= 11 is 0. The van der Waals surface area contributed by atoms with E-state index in [1.165, 1.54) is 29.7 Å². The number of hydrogen-bond acceptors (Lipinski definition) is 8. The maximum atomic E-state index is 13.3. The molecule has 10 nitrogen and oxygen atoms in total. The molecule has 2 aliphatic heterocycles.